The molecular weight excluding hydrogens is 456 g/mol. The van der Waals surface area contributed by atoms with E-state index in [9.17, 15) is 8.42 Å². The summed E-state index contributed by atoms with van der Waals surface area (Å²) in [6, 6.07) is 11.7. The van der Waals surface area contributed by atoms with E-state index < -0.39 is 9.84 Å². The van der Waals surface area contributed by atoms with Crippen molar-refractivity contribution in [1.82, 2.24) is 9.97 Å². The third-order valence-electron chi connectivity index (χ3n) is 4.69. The van der Waals surface area contributed by atoms with E-state index in [1.807, 2.05) is 4.90 Å². The van der Waals surface area contributed by atoms with Gasteiger partial charge in [-0.1, -0.05) is 17.7 Å². The summed E-state index contributed by atoms with van der Waals surface area (Å²) in [4.78, 5) is 10.9. The van der Waals surface area contributed by atoms with Crippen LogP contribution in [0.1, 0.15) is 0 Å². The smallest absolute Gasteiger partial charge is 0.231 e. The van der Waals surface area contributed by atoms with Gasteiger partial charge in [0, 0.05) is 31.8 Å². The summed E-state index contributed by atoms with van der Waals surface area (Å²) in [5, 5.41) is 3.52. The minimum atomic E-state index is -3.34. The zero-order valence-corrected chi connectivity index (χ0v) is 19.0. The van der Waals surface area contributed by atoms with Gasteiger partial charge < -0.3 is 24.4 Å². The first kappa shape index (κ1) is 22.1. The maximum atomic E-state index is 11.9. The highest BCUT2D eigenvalue weighted by atomic mass is 35.5. The Kier molecular flexibility index (Phi) is 6.35. The fourth-order valence-corrected chi connectivity index (χ4v) is 4.12. The summed E-state index contributed by atoms with van der Waals surface area (Å²) >= 11 is 6.53. The average Bonchev–Trinajstić information content (AvgIpc) is 3.24. The van der Waals surface area contributed by atoms with Crippen molar-refractivity contribution < 1.29 is 22.6 Å². The van der Waals surface area contributed by atoms with Crippen LogP contribution in [-0.4, -0.2) is 51.7 Å². The van der Waals surface area contributed by atoms with Crippen molar-refractivity contribution in [2.45, 2.75) is 4.90 Å². The molecule has 0 unspecified atom stereocenters. The van der Waals surface area contributed by atoms with Gasteiger partial charge in [-0.3, -0.25) is 0 Å². The van der Waals surface area contributed by atoms with Crippen LogP contribution >= 0.6 is 11.6 Å². The molecule has 4 rings (SSSR count). The number of nitrogens with zero attached hydrogens (tertiary/aromatic N) is 3. The van der Waals surface area contributed by atoms with Gasteiger partial charge in [0.2, 0.25) is 12.7 Å². The molecule has 0 saturated carbocycles. The summed E-state index contributed by atoms with van der Waals surface area (Å²) in [5.41, 5.74) is 1.16. The van der Waals surface area contributed by atoms with Gasteiger partial charge in [-0.25, -0.2) is 13.4 Å². The maximum absolute atomic E-state index is 11.9. The van der Waals surface area contributed by atoms with Crippen LogP contribution in [0.5, 0.6) is 11.5 Å². The molecule has 2 heterocycles. The summed E-state index contributed by atoms with van der Waals surface area (Å²) < 4.78 is 40.1. The zero-order chi connectivity index (χ0) is 22.7. The molecule has 168 valence electrons. The summed E-state index contributed by atoms with van der Waals surface area (Å²) in [6.07, 6.45) is 2.75. The minimum absolute atomic E-state index is 0.105. The molecule has 11 heteroatoms. The third-order valence-corrected chi connectivity index (χ3v) is 6.10. The predicted molar refractivity (Wildman–Crippen MR) is 121 cm³/mol. The lowest BCUT2D eigenvalue weighted by molar-refractivity contribution is 0.174. The second-order valence-electron chi connectivity index (χ2n) is 6.94. The largest absolute Gasteiger partial charge is 0.454 e. The van der Waals surface area contributed by atoms with E-state index in [0.29, 0.717) is 46.9 Å². The second-order valence-corrected chi connectivity index (χ2v) is 9.36. The van der Waals surface area contributed by atoms with Crippen molar-refractivity contribution in [3.8, 4) is 11.5 Å². The number of hydrogen-bond donors (Lipinski definition) is 1. The van der Waals surface area contributed by atoms with Crippen molar-refractivity contribution >= 4 is 44.6 Å². The molecule has 0 radical (unpaired) electrons. The van der Waals surface area contributed by atoms with E-state index >= 15 is 0 Å². The Morgan fingerprint density at radius 3 is 2.84 bits per heavy atom. The molecule has 1 aromatic heterocycles. The van der Waals surface area contributed by atoms with E-state index in [1.54, 1.807) is 43.6 Å². The summed E-state index contributed by atoms with van der Waals surface area (Å²) in [7, 11) is -1.73. The topological polar surface area (TPSA) is 103 Å². The van der Waals surface area contributed by atoms with Crippen molar-refractivity contribution in [3.05, 3.63) is 53.7 Å². The van der Waals surface area contributed by atoms with Crippen molar-refractivity contribution in [2.75, 3.05) is 43.5 Å². The monoisotopic (exact) mass is 476 g/mol. The molecular formula is C21H21ClN4O5S. The molecule has 3 aromatic rings. The Hall–Kier alpha value is -3.08. The maximum Gasteiger partial charge on any atom is 0.231 e. The average molecular weight is 477 g/mol. The lowest BCUT2D eigenvalue weighted by atomic mass is 10.2. The third kappa shape index (κ3) is 4.72. The minimum Gasteiger partial charge on any atom is -0.454 e. The highest BCUT2D eigenvalue weighted by Crippen LogP contribution is 2.47. The Morgan fingerprint density at radius 2 is 2.06 bits per heavy atom. The molecule has 1 aliphatic rings. The molecule has 0 atom stereocenters. The first-order valence-corrected chi connectivity index (χ1v) is 11.9. The number of ether oxygens (including phenoxy) is 3. The summed E-state index contributed by atoms with van der Waals surface area (Å²) in [5.74, 6) is 1.96. The molecule has 0 saturated heterocycles. The second kappa shape index (κ2) is 9.19. The molecule has 0 amide bonds. The number of anilines is 4. The Bertz CT molecular complexity index is 1240. The molecule has 0 fully saturated rings. The SMILES string of the molecule is COCCN(c1ccnc(Nc2cccc(S(C)(=O)=O)c2)n1)c1c(Cl)ccc2c1OCO2. The number of rotatable bonds is 8. The fourth-order valence-electron chi connectivity index (χ4n) is 3.20. The molecule has 1 aliphatic heterocycles. The van der Waals surface area contributed by atoms with Gasteiger partial charge in [-0.05, 0) is 36.4 Å². The number of methoxy groups -OCH3 is 1. The Morgan fingerprint density at radius 1 is 1.22 bits per heavy atom. The zero-order valence-electron chi connectivity index (χ0n) is 17.4. The number of aromatic nitrogens is 2. The normalized spacial score (nSPS) is 12.6. The highest BCUT2D eigenvalue weighted by molar-refractivity contribution is 7.90. The van der Waals surface area contributed by atoms with Crippen molar-refractivity contribution in [2.24, 2.45) is 0 Å². The van der Waals surface area contributed by atoms with E-state index in [4.69, 9.17) is 25.8 Å². The van der Waals surface area contributed by atoms with Crippen molar-refractivity contribution in [1.29, 1.82) is 0 Å². The van der Waals surface area contributed by atoms with Crippen LogP contribution in [-0.2, 0) is 14.6 Å². The fraction of sp³-hybridized carbons (Fsp3) is 0.238. The molecule has 0 spiro atoms. The molecule has 32 heavy (non-hydrogen) atoms. The van der Waals surface area contributed by atoms with Crippen LogP contribution in [0, 0.1) is 0 Å². The van der Waals surface area contributed by atoms with Crippen LogP contribution < -0.4 is 19.7 Å². The lowest BCUT2D eigenvalue weighted by Crippen LogP contribution is -2.24. The van der Waals surface area contributed by atoms with Gasteiger partial charge in [0.25, 0.3) is 0 Å². The number of hydrogen-bond acceptors (Lipinski definition) is 9. The number of fused-ring (bicyclic) bond motifs is 1. The first-order chi connectivity index (χ1) is 15.4. The molecule has 9 nitrogen and oxygen atoms in total. The van der Waals surface area contributed by atoms with E-state index in [-0.39, 0.29) is 17.6 Å². The van der Waals surface area contributed by atoms with E-state index in [2.05, 4.69) is 15.3 Å². The molecule has 0 bridgehead atoms. The molecule has 1 N–H and O–H groups in total. The van der Waals surface area contributed by atoms with Gasteiger partial charge in [0.15, 0.2) is 21.3 Å². The number of halogens is 1. The summed E-state index contributed by atoms with van der Waals surface area (Å²) in [6.45, 7) is 0.953. The Balaban J connectivity index is 1.70. The van der Waals surface area contributed by atoms with E-state index in [1.165, 1.54) is 12.1 Å². The van der Waals surface area contributed by atoms with Gasteiger partial charge in [-0.2, -0.15) is 4.98 Å². The standard InChI is InChI=1S/C21H21ClN4O5S/c1-29-11-10-26(19-16(22)6-7-17-20(19)31-13-30-17)18-8-9-23-21(25-18)24-14-4-3-5-15(12-14)32(2,27)28/h3-9,12H,10-11,13H2,1-2H3,(H,23,24,25). The predicted octanol–water partition coefficient (Wildman–Crippen LogP) is 3.79. The van der Waals surface area contributed by atoms with Crippen LogP contribution in [0.2, 0.25) is 5.02 Å². The molecule has 2 aromatic carbocycles. The highest BCUT2D eigenvalue weighted by Gasteiger charge is 2.26. The van der Waals surface area contributed by atoms with Crippen LogP contribution in [0.25, 0.3) is 0 Å². The lowest BCUT2D eigenvalue weighted by Gasteiger charge is -2.26. The van der Waals surface area contributed by atoms with Crippen LogP contribution in [0.3, 0.4) is 0 Å². The van der Waals surface area contributed by atoms with Crippen LogP contribution in [0.4, 0.5) is 23.1 Å². The Labute approximate surface area is 190 Å². The van der Waals surface area contributed by atoms with Crippen molar-refractivity contribution in [3.63, 3.8) is 0 Å². The number of benzene rings is 2. The van der Waals surface area contributed by atoms with Gasteiger partial charge in [-0.15, -0.1) is 0 Å². The number of sulfone groups is 1. The van der Waals surface area contributed by atoms with E-state index in [0.717, 1.165) is 6.26 Å². The molecule has 0 aliphatic carbocycles. The van der Waals surface area contributed by atoms with Gasteiger partial charge >= 0.3 is 0 Å². The van der Waals surface area contributed by atoms with Gasteiger partial charge in [0.05, 0.1) is 16.5 Å². The first-order valence-electron chi connectivity index (χ1n) is 9.61. The quantitative estimate of drug-likeness (QED) is 0.520. The van der Waals surface area contributed by atoms with Crippen LogP contribution in [0.15, 0.2) is 53.6 Å². The number of nitrogens with one attached hydrogen (secondary N) is 1. The van der Waals surface area contributed by atoms with Gasteiger partial charge in [0.1, 0.15) is 11.5 Å².